The van der Waals surface area contributed by atoms with Crippen LogP contribution in [0.2, 0.25) is 0 Å². The highest BCUT2D eigenvalue weighted by atomic mass is 16.5. The van der Waals surface area contributed by atoms with Crippen molar-refractivity contribution in [3.05, 3.63) is 24.3 Å². The predicted molar refractivity (Wildman–Crippen MR) is 80.9 cm³/mol. The first kappa shape index (κ1) is 14.2. The van der Waals surface area contributed by atoms with Crippen LogP contribution in [0.25, 0.3) is 0 Å². The van der Waals surface area contributed by atoms with Crippen molar-refractivity contribution in [3.63, 3.8) is 0 Å². The SMILES string of the molecule is CCN1CCC(C(C)Nc2cccc(OC)c2)CC1. The van der Waals surface area contributed by atoms with Crippen LogP contribution in [0.15, 0.2) is 24.3 Å². The number of benzene rings is 1. The quantitative estimate of drug-likeness (QED) is 0.881. The molecule has 0 amide bonds. The van der Waals surface area contributed by atoms with Gasteiger partial charge in [-0.1, -0.05) is 13.0 Å². The van der Waals surface area contributed by atoms with Crippen molar-refractivity contribution < 1.29 is 4.74 Å². The van der Waals surface area contributed by atoms with Gasteiger partial charge >= 0.3 is 0 Å². The average Bonchev–Trinajstić information content (AvgIpc) is 2.47. The summed E-state index contributed by atoms with van der Waals surface area (Å²) in [5.74, 6) is 1.69. The summed E-state index contributed by atoms with van der Waals surface area (Å²) in [4.78, 5) is 2.54. The van der Waals surface area contributed by atoms with Crippen molar-refractivity contribution in [2.45, 2.75) is 32.7 Å². The summed E-state index contributed by atoms with van der Waals surface area (Å²) >= 11 is 0. The minimum absolute atomic E-state index is 0.520. The maximum atomic E-state index is 5.26. The average molecular weight is 262 g/mol. The maximum absolute atomic E-state index is 5.26. The molecule has 3 nitrogen and oxygen atoms in total. The molecule has 1 aliphatic heterocycles. The van der Waals surface area contributed by atoms with Crippen molar-refractivity contribution in [2.75, 3.05) is 32.1 Å². The van der Waals surface area contributed by atoms with Gasteiger partial charge in [-0.2, -0.15) is 0 Å². The van der Waals surface area contributed by atoms with Crippen molar-refractivity contribution >= 4 is 5.69 Å². The number of rotatable bonds is 5. The van der Waals surface area contributed by atoms with Crippen LogP contribution < -0.4 is 10.1 Å². The second-order valence-corrected chi connectivity index (χ2v) is 5.44. The summed E-state index contributed by atoms with van der Waals surface area (Å²) in [6.45, 7) is 8.21. The van der Waals surface area contributed by atoms with E-state index in [1.165, 1.54) is 32.5 Å². The van der Waals surface area contributed by atoms with E-state index in [2.05, 4.69) is 36.2 Å². The fourth-order valence-corrected chi connectivity index (χ4v) is 2.86. The molecule has 0 aliphatic carbocycles. The van der Waals surface area contributed by atoms with E-state index in [0.717, 1.165) is 17.4 Å². The van der Waals surface area contributed by atoms with Gasteiger partial charge in [0.15, 0.2) is 0 Å². The van der Waals surface area contributed by atoms with Gasteiger partial charge in [0.1, 0.15) is 5.75 Å². The Morgan fingerprint density at radius 3 is 2.74 bits per heavy atom. The van der Waals surface area contributed by atoms with Crippen LogP contribution in [0.5, 0.6) is 5.75 Å². The lowest BCUT2D eigenvalue weighted by atomic mass is 9.90. The Hall–Kier alpha value is -1.22. The Morgan fingerprint density at radius 1 is 1.37 bits per heavy atom. The van der Waals surface area contributed by atoms with Crippen molar-refractivity contribution in [1.29, 1.82) is 0 Å². The molecule has 0 aromatic heterocycles. The molecule has 0 saturated carbocycles. The Morgan fingerprint density at radius 2 is 2.11 bits per heavy atom. The van der Waals surface area contributed by atoms with Gasteiger partial charge in [0.2, 0.25) is 0 Å². The minimum atomic E-state index is 0.520. The fourth-order valence-electron chi connectivity index (χ4n) is 2.86. The molecule has 1 aromatic carbocycles. The predicted octanol–water partition coefficient (Wildman–Crippen LogP) is 3.23. The summed E-state index contributed by atoms with van der Waals surface area (Å²) in [6.07, 6.45) is 2.60. The number of hydrogen-bond donors (Lipinski definition) is 1. The highest BCUT2D eigenvalue weighted by molar-refractivity contribution is 5.48. The third-order valence-corrected chi connectivity index (χ3v) is 4.25. The molecule has 1 atom stereocenters. The highest BCUT2D eigenvalue weighted by Gasteiger charge is 2.22. The number of nitrogens with one attached hydrogen (secondary N) is 1. The first-order chi connectivity index (χ1) is 9.22. The third-order valence-electron chi connectivity index (χ3n) is 4.25. The molecule has 1 aromatic rings. The lowest BCUT2D eigenvalue weighted by Crippen LogP contribution is -2.39. The molecule has 1 heterocycles. The van der Waals surface area contributed by atoms with Gasteiger partial charge in [-0.25, -0.2) is 0 Å². The number of hydrogen-bond acceptors (Lipinski definition) is 3. The monoisotopic (exact) mass is 262 g/mol. The second-order valence-electron chi connectivity index (χ2n) is 5.44. The lowest BCUT2D eigenvalue weighted by molar-refractivity contribution is 0.183. The van der Waals surface area contributed by atoms with Crippen LogP contribution in [0.1, 0.15) is 26.7 Å². The van der Waals surface area contributed by atoms with Gasteiger partial charge in [-0.05, 0) is 57.5 Å². The van der Waals surface area contributed by atoms with Crippen LogP contribution in [0.3, 0.4) is 0 Å². The van der Waals surface area contributed by atoms with E-state index in [4.69, 9.17) is 4.74 Å². The number of piperidine rings is 1. The zero-order valence-electron chi connectivity index (χ0n) is 12.4. The van der Waals surface area contributed by atoms with Crippen LogP contribution in [-0.2, 0) is 0 Å². The normalized spacial score (nSPS) is 19.1. The minimum Gasteiger partial charge on any atom is -0.497 e. The van der Waals surface area contributed by atoms with E-state index >= 15 is 0 Å². The summed E-state index contributed by atoms with van der Waals surface area (Å²) < 4.78 is 5.26. The van der Waals surface area contributed by atoms with E-state index in [0.29, 0.717) is 6.04 Å². The number of ether oxygens (including phenoxy) is 1. The van der Waals surface area contributed by atoms with Gasteiger partial charge in [0, 0.05) is 17.8 Å². The van der Waals surface area contributed by atoms with Crippen molar-refractivity contribution in [1.82, 2.24) is 4.90 Å². The van der Waals surface area contributed by atoms with Gasteiger partial charge in [-0.15, -0.1) is 0 Å². The van der Waals surface area contributed by atoms with Gasteiger partial charge < -0.3 is 15.0 Å². The Bertz CT molecular complexity index is 386. The topological polar surface area (TPSA) is 24.5 Å². The molecule has 1 saturated heterocycles. The van der Waals surface area contributed by atoms with E-state index in [9.17, 15) is 0 Å². The summed E-state index contributed by atoms with van der Waals surface area (Å²) in [6, 6.07) is 8.72. The molecule has 1 unspecified atom stereocenters. The van der Waals surface area contributed by atoms with E-state index in [1.54, 1.807) is 7.11 Å². The molecule has 1 N–H and O–H groups in total. The second kappa shape index (κ2) is 6.80. The Labute approximate surface area is 116 Å². The first-order valence-corrected chi connectivity index (χ1v) is 7.36. The molecule has 1 fully saturated rings. The molecule has 3 heteroatoms. The number of likely N-dealkylation sites (tertiary alicyclic amines) is 1. The third kappa shape index (κ3) is 3.87. The zero-order chi connectivity index (χ0) is 13.7. The molecule has 0 radical (unpaired) electrons. The van der Waals surface area contributed by atoms with Gasteiger partial charge in [-0.3, -0.25) is 0 Å². The molecular formula is C16H26N2O. The van der Waals surface area contributed by atoms with Crippen molar-refractivity contribution in [3.8, 4) is 5.75 Å². The first-order valence-electron chi connectivity index (χ1n) is 7.36. The van der Waals surface area contributed by atoms with Gasteiger partial charge in [0.05, 0.1) is 7.11 Å². The maximum Gasteiger partial charge on any atom is 0.120 e. The molecule has 0 spiro atoms. The molecule has 106 valence electrons. The number of anilines is 1. The standard InChI is InChI=1S/C16H26N2O/c1-4-18-10-8-14(9-11-18)13(2)17-15-6-5-7-16(12-15)19-3/h5-7,12-14,17H,4,8-11H2,1-3H3. The smallest absolute Gasteiger partial charge is 0.120 e. The summed E-state index contributed by atoms with van der Waals surface area (Å²) in [7, 11) is 1.71. The summed E-state index contributed by atoms with van der Waals surface area (Å²) in [5.41, 5.74) is 1.16. The van der Waals surface area contributed by atoms with Crippen LogP contribution >= 0.6 is 0 Å². The van der Waals surface area contributed by atoms with Crippen LogP contribution in [0.4, 0.5) is 5.69 Å². The largest absolute Gasteiger partial charge is 0.497 e. The zero-order valence-corrected chi connectivity index (χ0v) is 12.4. The Kier molecular flexibility index (Phi) is 5.08. The molecule has 2 rings (SSSR count). The highest BCUT2D eigenvalue weighted by Crippen LogP contribution is 2.24. The van der Waals surface area contributed by atoms with Gasteiger partial charge in [0.25, 0.3) is 0 Å². The molecular weight excluding hydrogens is 236 g/mol. The number of nitrogens with zero attached hydrogens (tertiary/aromatic N) is 1. The molecule has 19 heavy (non-hydrogen) atoms. The summed E-state index contributed by atoms with van der Waals surface area (Å²) in [5, 5.41) is 3.62. The van der Waals surface area contributed by atoms with E-state index in [-0.39, 0.29) is 0 Å². The van der Waals surface area contributed by atoms with E-state index in [1.807, 2.05) is 12.1 Å². The number of methoxy groups -OCH3 is 1. The Balaban J connectivity index is 1.88. The van der Waals surface area contributed by atoms with Crippen LogP contribution in [-0.4, -0.2) is 37.7 Å². The lowest BCUT2D eigenvalue weighted by Gasteiger charge is -2.34. The van der Waals surface area contributed by atoms with Crippen molar-refractivity contribution in [2.24, 2.45) is 5.92 Å². The van der Waals surface area contributed by atoms with Crippen LogP contribution in [0, 0.1) is 5.92 Å². The van der Waals surface area contributed by atoms with E-state index < -0.39 is 0 Å². The fraction of sp³-hybridized carbons (Fsp3) is 0.625. The molecule has 1 aliphatic rings. The molecule has 0 bridgehead atoms.